The average Bonchev–Trinajstić information content (AvgIpc) is 2.71. The molecule has 0 N–H and O–H groups in total. The molecule has 20 heavy (non-hydrogen) atoms. The van der Waals surface area contributed by atoms with Gasteiger partial charge in [-0.2, -0.15) is 5.10 Å². The van der Waals surface area contributed by atoms with Crippen LogP contribution in [-0.2, 0) is 13.7 Å². The van der Waals surface area contributed by atoms with E-state index in [0.29, 0.717) is 11.8 Å². The summed E-state index contributed by atoms with van der Waals surface area (Å²) in [6.45, 7) is -5.40. The van der Waals surface area contributed by atoms with E-state index in [0.717, 1.165) is 12.1 Å². The summed E-state index contributed by atoms with van der Waals surface area (Å²) in [7, 11) is 1.68. The van der Waals surface area contributed by atoms with Crippen molar-refractivity contribution < 1.29 is 73.5 Å². The zero-order chi connectivity index (χ0) is 14.0. The Balaban J connectivity index is 0.00000200. The summed E-state index contributed by atoms with van der Waals surface area (Å²) in [6.07, 6.45) is 1.64. The van der Waals surface area contributed by atoms with Crippen LogP contribution in [0, 0.1) is 5.82 Å². The topological polar surface area (TPSA) is 27.1 Å². The van der Waals surface area contributed by atoms with Crippen molar-refractivity contribution in [3.05, 3.63) is 42.0 Å². The van der Waals surface area contributed by atoms with E-state index in [2.05, 4.69) is 5.10 Å². The number of hydrogen-bond acceptors (Lipinski definition) is 2. The predicted octanol–water partition coefficient (Wildman–Crippen LogP) is -0.803. The Hall–Kier alpha value is -0.349. The number of aryl methyl sites for hydroxylation is 1. The van der Waals surface area contributed by atoms with E-state index in [1.165, 1.54) is 4.68 Å². The van der Waals surface area contributed by atoms with Gasteiger partial charge in [-0.25, -0.2) is 4.39 Å². The van der Waals surface area contributed by atoms with Gasteiger partial charge >= 0.3 is 58.4 Å². The third-order valence-electron chi connectivity index (χ3n) is 2.47. The Morgan fingerprint density at radius 2 is 1.95 bits per heavy atom. The van der Waals surface area contributed by atoms with Crippen molar-refractivity contribution in [2.24, 2.45) is 7.05 Å². The zero-order valence-corrected chi connectivity index (χ0v) is 14.1. The second-order valence-corrected chi connectivity index (χ2v) is 4.03. The van der Waals surface area contributed by atoms with Crippen LogP contribution < -0.4 is 61.6 Å². The number of nitrogens with zero attached hydrogens (tertiary/aromatic N) is 2. The summed E-state index contributed by atoms with van der Waals surface area (Å²) >= 11 is 0. The van der Waals surface area contributed by atoms with Crippen molar-refractivity contribution in [2.75, 3.05) is 0 Å². The molecule has 0 amide bonds. The molecule has 2 rings (SSSR count). The Morgan fingerprint density at radius 1 is 1.25 bits per heavy atom. The number of rotatable bonds is 4. The number of halogens is 4. The van der Waals surface area contributed by atoms with Crippen molar-refractivity contribution in [1.82, 2.24) is 9.78 Å². The number of ether oxygens (including phenoxy) is 1. The van der Waals surface area contributed by atoms with Gasteiger partial charge in [0.25, 0.3) is 0 Å². The molecule has 0 spiro atoms. The standard InChI is InChI=1S/C11H10BF4N2O.K/c1-18-5-4-9(17-18)7-19-11-6-8(13)2-3-10(11)12(14,15)16;/h2-6H,7H2,1H3;/q-1;+1. The summed E-state index contributed by atoms with van der Waals surface area (Å²) in [5, 5.41) is 3.96. The van der Waals surface area contributed by atoms with Gasteiger partial charge in [0.1, 0.15) is 12.4 Å². The van der Waals surface area contributed by atoms with Gasteiger partial charge in [0, 0.05) is 19.3 Å². The van der Waals surface area contributed by atoms with Crippen LogP contribution in [0.5, 0.6) is 5.75 Å². The van der Waals surface area contributed by atoms with Gasteiger partial charge < -0.3 is 17.7 Å². The molecule has 0 aliphatic carbocycles. The van der Waals surface area contributed by atoms with E-state index in [4.69, 9.17) is 4.74 Å². The molecule has 3 nitrogen and oxygen atoms in total. The summed E-state index contributed by atoms with van der Waals surface area (Å²) < 4.78 is 57.8. The number of aromatic nitrogens is 2. The fraction of sp³-hybridized carbons (Fsp3) is 0.182. The maximum atomic E-state index is 13.0. The van der Waals surface area contributed by atoms with Gasteiger partial charge in [0.2, 0.25) is 0 Å². The van der Waals surface area contributed by atoms with E-state index >= 15 is 0 Å². The van der Waals surface area contributed by atoms with Crippen LogP contribution in [0.2, 0.25) is 0 Å². The Labute approximate surface area is 155 Å². The molecule has 0 fully saturated rings. The fourth-order valence-electron chi connectivity index (χ4n) is 1.60. The van der Waals surface area contributed by atoms with Gasteiger partial charge in [-0.1, -0.05) is 11.5 Å². The predicted molar refractivity (Wildman–Crippen MR) is 62.7 cm³/mol. The molecule has 0 unspecified atom stereocenters. The van der Waals surface area contributed by atoms with Crippen molar-refractivity contribution in [3.8, 4) is 5.75 Å². The quantitative estimate of drug-likeness (QED) is 0.546. The van der Waals surface area contributed by atoms with Crippen LogP contribution in [0.15, 0.2) is 30.5 Å². The molecule has 1 aromatic carbocycles. The van der Waals surface area contributed by atoms with Gasteiger partial charge in [-0.3, -0.25) is 4.68 Å². The Bertz CT molecular complexity index is 588. The number of hydrogen-bond donors (Lipinski definition) is 0. The molecular formula is C11H10BF4KN2O. The monoisotopic (exact) mass is 312 g/mol. The molecule has 0 bridgehead atoms. The van der Waals surface area contributed by atoms with Crippen LogP contribution in [0.3, 0.4) is 0 Å². The van der Waals surface area contributed by atoms with E-state index in [9.17, 15) is 17.3 Å². The molecule has 1 aromatic heterocycles. The minimum Gasteiger partial charge on any atom is -0.490 e. The summed E-state index contributed by atoms with van der Waals surface area (Å²) in [6, 6.07) is 3.78. The third kappa shape index (κ3) is 4.59. The maximum absolute atomic E-state index is 13.0. The molecule has 1 heterocycles. The van der Waals surface area contributed by atoms with Gasteiger partial charge in [-0.15, -0.1) is 0 Å². The number of benzene rings is 1. The molecule has 0 saturated carbocycles. The first kappa shape index (κ1) is 17.7. The van der Waals surface area contributed by atoms with Crippen molar-refractivity contribution >= 4 is 12.4 Å². The van der Waals surface area contributed by atoms with E-state index in [-0.39, 0.29) is 58.0 Å². The van der Waals surface area contributed by atoms with Gasteiger partial charge in [0.05, 0.1) is 11.4 Å². The Kier molecular flexibility index (Phi) is 6.27. The van der Waals surface area contributed by atoms with Gasteiger partial charge in [-0.05, 0) is 12.1 Å². The first-order valence-corrected chi connectivity index (χ1v) is 5.47. The largest absolute Gasteiger partial charge is 1.00 e. The van der Waals surface area contributed by atoms with Crippen LogP contribution in [0.4, 0.5) is 17.3 Å². The van der Waals surface area contributed by atoms with Crippen LogP contribution >= 0.6 is 0 Å². The van der Waals surface area contributed by atoms with Crippen molar-refractivity contribution in [1.29, 1.82) is 0 Å². The SMILES string of the molecule is Cn1ccc(COc2cc(F)ccc2[B-](F)(F)F)n1.[K+]. The minimum atomic E-state index is -5.25. The molecule has 0 saturated heterocycles. The van der Waals surface area contributed by atoms with Crippen molar-refractivity contribution in [3.63, 3.8) is 0 Å². The molecular weight excluding hydrogens is 302 g/mol. The average molecular weight is 312 g/mol. The second-order valence-electron chi connectivity index (χ2n) is 4.03. The van der Waals surface area contributed by atoms with Crippen molar-refractivity contribution in [2.45, 2.75) is 6.61 Å². The van der Waals surface area contributed by atoms with Gasteiger partial charge in [0.15, 0.2) is 0 Å². The summed E-state index contributed by atoms with van der Waals surface area (Å²) in [5.41, 5.74) is -0.482. The second kappa shape index (κ2) is 7.08. The minimum absolute atomic E-state index is 0. The van der Waals surface area contributed by atoms with E-state index < -0.39 is 24.0 Å². The zero-order valence-electron chi connectivity index (χ0n) is 11.0. The smallest absolute Gasteiger partial charge is 0.490 e. The molecule has 9 heteroatoms. The normalized spacial score (nSPS) is 11.1. The maximum Gasteiger partial charge on any atom is 1.00 e. The third-order valence-corrected chi connectivity index (χ3v) is 2.47. The fourth-order valence-corrected chi connectivity index (χ4v) is 1.60. The molecule has 2 aromatic rings. The molecule has 0 aliphatic rings. The van der Waals surface area contributed by atoms with E-state index in [1.807, 2.05) is 0 Å². The molecule has 0 aliphatic heterocycles. The summed E-state index contributed by atoms with van der Waals surface area (Å²) in [5.74, 6) is -1.29. The van der Waals surface area contributed by atoms with Crippen LogP contribution in [-0.4, -0.2) is 16.8 Å². The first-order valence-electron chi connectivity index (χ1n) is 5.47. The first-order chi connectivity index (χ1) is 8.86. The molecule has 0 atom stereocenters. The summed E-state index contributed by atoms with van der Waals surface area (Å²) in [4.78, 5) is 0. The molecule has 102 valence electrons. The Morgan fingerprint density at radius 3 is 2.50 bits per heavy atom. The van der Waals surface area contributed by atoms with E-state index in [1.54, 1.807) is 19.3 Å². The van der Waals surface area contributed by atoms with Crippen LogP contribution in [0.1, 0.15) is 5.69 Å². The van der Waals surface area contributed by atoms with Crippen LogP contribution in [0.25, 0.3) is 0 Å². The molecule has 0 radical (unpaired) electrons.